The molecule has 1 aliphatic heterocycles. The summed E-state index contributed by atoms with van der Waals surface area (Å²) in [5, 5.41) is 0. The van der Waals surface area contributed by atoms with Crippen molar-refractivity contribution in [2.45, 2.75) is 45.3 Å². The molecule has 1 rings (SSSR count). The molecule has 1 fully saturated rings. The fraction of sp³-hybridized carbons (Fsp3) is 0.900. The standard InChI is InChI=1S/C10H19NO3S/c1-8-5-6-11(9(12)7-8)15(13,14)10(2,3)4/h8H,5-7H2,1-4H3. The van der Waals surface area contributed by atoms with Crippen LogP contribution in [-0.2, 0) is 14.8 Å². The van der Waals surface area contributed by atoms with Crippen LogP contribution in [0, 0.1) is 5.92 Å². The van der Waals surface area contributed by atoms with Gasteiger partial charge in [-0.05, 0) is 33.1 Å². The Bertz CT molecular complexity index is 353. The maximum absolute atomic E-state index is 12.0. The number of rotatable bonds is 1. The van der Waals surface area contributed by atoms with E-state index in [0.29, 0.717) is 18.9 Å². The number of carbonyl (C=O) groups is 1. The number of hydrogen-bond acceptors (Lipinski definition) is 3. The summed E-state index contributed by atoms with van der Waals surface area (Å²) >= 11 is 0. The van der Waals surface area contributed by atoms with Gasteiger partial charge in [-0.15, -0.1) is 0 Å². The zero-order chi connectivity index (χ0) is 11.9. The van der Waals surface area contributed by atoms with Gasteiger partial charge < -0.3 is 0 Å². The zero-order valence-corrected chi connectivity index (χ0v) is 10.6. The van der Waals surface area contributed by atoms with Gasteiger partial charge in [0.05, 0.1) is 4.75 Å². The smallest absolute Gasteiger partial charge is 0.242 e. The first-order chi connectivity index (χ1) is 6.66. The molecule has 1 aliphatic rings. The minimum Gasteiger partial charge on any atom is -0.274 e. The zero-order valence-electron chi connectivity index (χ0n) is 9.78. The van der Waals surface area contributed by atoms with Gasteiger partial charge in [0.1, 0.15) is 0 Å². The van der Waals surface area contributed by atoms with Crippen LogP contribution >= 0.6 is 0 Å². The molecule has 0 aromatic carbocycles. The largest absolute Gasteiger partial charge is 0.274 e. The van der Waals surface area contributed by atoms with E-state index < -0.39 is 14.8 Å². The second-order valence-electron chi connectivity index (χ2n) is 5.18. The first kappa shape index (κ1) is 12.5. The van der Waals surface area contributed by atoms with E-state index in [9.17, 15) is 13.2 Å². The Balaban J connectivity index is 2.95. The molecule has 1 atom stereocenters. The van der Waals surface area contributed by atoms with Crippen LogP contribution in [0.4, 0.5) is 0 Å². The maximum atomic E-state index is 12.0. The lowest BCUT2D eigenvalue weighted by atomic mass is 10.0. The summed E-state index contributed by atoms with van der Waals surface area (Å²) in [7, 11) is -3.49. The number of piperidine rings is 1. The third-order valence-electron chi connectivity index (χ3n) is 2.69. The highest BCUT2D eigenvalue weighted by molar-refractivity contribution is 7.91. The number of amides is 1. The molecule has 0 bridgehead atoms. The molecule has 0 aromatic rings. The molecule has 1 unspecified atom stereocenters. The van der Waals surface area contributed by atoms with Crippen LogP contribution in [0.2, 0.25) is 0 Å². The van der Waals surface area contributed by atoms with Crippen molar-refractivity contribution in [2.75, 3.05) is 6.54 Å². The van der Waals surface area contributed by atoms with Gasteiger partial charge in [-0.3, -0.25) is 4.79 Å². The van der Waals surface area contributed by atoms with Crippen molar-refractivity contribution in [3.63, 3.8) is 0 Å². The molecule has 1 heterocycles. The molecule has 1 amide bonds. The van der Waals surface area contributed by atoms with Crippen molar-refractivity contribution in [2.24, 2.45) is 5.92 Å². The van der Waals surface area contributed by atoms with Crippen LogP contribution in [0.5, 0.6) is 0 Å². The SMILES string of the molecule is CC1CCN(S(=O)(=O)C(C)(C)C)C(=O)C1. The number of hydrogen-bond donors (Lipinski definition) is 0. The monoisotopic (exact) mass is 233 g/mol. The van der Waals surface area contributed by atoms with E-state index in [2.05, 4.69) is 0 Å². The van der Waals surface area contributed by atoms with Crippen LogP contribution in [0.1, 0.15) is 40.5 Å². The quantitative estimate of drug-likeness (QED) is 0.687. The molecule has 5 heteroatoms. The van der Waals surface area contributed by atoms with Crippen molar-refractivity contribution in [1.29, 1.82) is 0 Å². The Hall–Kier alpha value is -0.580. The van der Waals surface area contributed by atoms with Crippen molar-refractivity contribution in [3.8, 4) is 0 Å². The molecule has 0 spiro atoms. The Morgan fingerprint density at radius 2 is 1.87 bits per heavy atom. The molecular weight excluding hydrogens is 214 g/mol. The molecule has 88 valence electrons. The fourth-order valence-corrected chi connectivity index (χ4v) is 2.90. The third-order valence-corrected chi connectivity index (χ3v) is 5.20. The third kappa shape index (κ3) is 2.33. The highest BCUT2D eigenvalue weighted by Gasteiger charge is 2.40. The van der Waals surface area contributed by atoms with E-state index in [1.54, 1.807) is 20.8 Å². The number of carbonyl (C=O) groups excluding carboxylic acids is 1. The summed E-state index contributed by atoms with van der Waals surface area (Å²) in [5.74, 6) is 0.0348. The van der Waals surface area contributed by atoms with Gasteiger partial charge in [-0.25, -0.2) is 12.7 Å². The molecule has 0 saturated carbocycles. The lowest BCUT2D eigenvalue weighted by molar-refractivity contribution is -0.129. The summed E-state index contributed by atoms with van der Waals surface area (Å²) < 4.78 is 24.2. The van der Waals surface area contributed by atoms with Gasteiger partial charge >= 0.3 is 0 Å². The molecule has 0 aromatic heterocycles. The summed E-state index contributed by atoms with van der Waals surface area (Å²) in [4.78, 5) is 11.6. The van der Waals surface area contributed by atoms with Crippen molar-refractivity contribution in [1.82, 2.24) is 4.31 Å². The first-order valence-corrected chi connectivity index (χ1v) is 6.65. The summed E-state index contributed by atoms with van der Waals surface area (Å²) in [6, 6.07) is 0. The number of sulfonamides is 1. The lowest BCUT2D eigenvalue weighted by Crippen LogP contribution is -2.49. The molecule has 4 nitrogen and oxygen atoms in total. The van der Waals surface area contributed by atoms with Crippen LogP contribution in [-0.4, -0.2) is 29.9 Å². The highest BCUT2D eigenvalue weighted by atomic mass is 32.2. The molecule has 0 aliphatic carbocycles. The van der Waals surface area contributed by atoms with Crippen LogP contribution in [0.25, 0.3) is 0 Å². The molecule has 0 N–H and O–H groups in total. The second kappa shape index (κ2) is 3.77. The highest BCUT2D eigenvalue weighted by Crippen LogP contribution is 2.26. The van der Waals surface area contributed by atoms with Crippen LogP contribution in [0.3, 0.4) is 0 Å². The Kier molecular flexibility index (Phi) is 3.14. The van der Waals surface area contributed by atoms with Gasteiger partial charge in [0.25, 0.3) is 0 Å². The summed E-state index contributed by atoms with van der Waals surface area (Å²) in [6.07, 6.45) is 1.11. The Labute approximate surface area is 91.7 Å². The van der Waals surface area contributed by atoms with E-state index in [1.807, 2.05) is 6.92 Å². The molecular formula is C10H19NO3S. The number of nitrogens with zero attached hydrogens (tertiary/aromatic N) is 1. The van der Waals surface area contributed by atoms with Gasteiger partial charge in [0.15, 0.2) is 0 Å². The average molecular weight is 233 g/mol. The molecule has 1 saturated heterocycles. The maximum Gasteiger partial charge on any atom is 0.242 e. The van der Waals surface area contributed by atoms with E-state index >= 15 is 0 Å². The van der Waals surface area contributed by atoms with Crippen molar-refractivity contribution < 1.29 is 13.2 Å². The Morgan fingerprint density at radius 3 is 2.27 bits per heavy atom. The lowest BCUT2D eigenvalue weighted by Gasteiger charge is -2.34. The normalized spacial score (nSPS) is 24.4. The van der Waals surface area contributed by atoms with E-state index in [4.69, 9.17) is 0 Å². The van der Waals surface area contributed by atoms with Gasteiger partial charge in [-0.1, -0.05) is 6.92 Å². The predicted molar refractivity (Wildman–Crippen MR) is 58.8 cm³/mol. The van der Waals surface area contributed by atoms with Crippen LogP contribution in [0.15, 0.2) is 0 Å². The van der Waals surface area contributed by atoms with Gasteiger partial charge in [-0.2, -0.15) is 0 Å². The Morgan fingerprint density at radius 1 is 1.33 bits per heavy atom. The predicted octanol–water partition coefficient (Wildman–Crippen LogP) is 1.37. The van der Waals surface area contributed by atoms with Crippen molar-refractivity contribution >= 4 is 15.9 Å². The summed E-state index contributed by atoms with van der Waals surface area (Å²) in [6.45, 7) is 7.16. The second-order valence-corrected chi connectivity index (χ2v) is 7.80. The minimum atomic E-state index is -3.49. The van der Waals surface area contributed by atoms with E-state index in [0.717, 1.165) is 10.7 Å². The topological polar surface area (TPSA) is 54.5 Å². The molecule has 15 heavy (non-hydrogen) atoms. The molecule has 0 radical (unpaired) electrons. The van der Waals surface area contributed by atoms with E-state index in [1.165, 1.54) is 0 Å². The fourth-order valence-electron chi connectivity index (χ4n) is 1.55. The minimum absolute atomic E-state index is 0.260. The average Bonchev–Trinajstić information content (AvgIpc) is 2.00. The van der Waals surface area contributed by atoms with Gasteiger partial charge in [0.2, 0.25) is 15.9 Å². The summed E-state index contributed by atoms with van der Waals surface area (Å²) in [5.41, 5.74) is 0. The van der Waals surface area contributed by atoms with Gasteiger partial charge in [0, 0.05) is 13.0 Å². The van der Waals surface area contributed by atoms with E-state index in [-0.39, 0.29) is 5.91 Å². The first-order valence-electron chi connectivity index (χ1n) is 5.21. The van der Waals surface area contributed by atoms with Crippen LogP contribution < -0.4 is 0 Å². The van der Waals surface area contributed by atoms with Crippen molar-refractivity contribution in [3.05, 3.63) is 0 Å².